The number of fused-ring (bicyclic) bond motifs is 1. The van der Waals surface area contributed by atoms with Crippen LogP contribution < -0.4 is 0 Å². The van der Waals surface area contributed by atoms with E-state index >= 15 is 0 Å². The van der Waals surface area contributed by atoms with E-state index in [1.807, 2.05) is 13.0 Å². The molecule has 1 unspecified atom stereocenters. The third kappa shape index (κ3) is 3.17. The molecule has 1 aliphatic heterocycles. The topological polar surface area (TPSA) is 45.3 Å². The van der Waals surface area contributed by atoms with Crippen LogP contribution in [0, 0.1) is 0 Å². The largest absolute Gasteiger partial charge is 0.465 e. The van der Waals surface area contributed by atoms with Gasteiger partial charge in [-0.25, -0.2) is 0 Å². The minimum atomic E-state index is -0.0566. The molecular weight excluding hydrogens is 276 g/mol. The molecule has 1 N–H and O–H groups in total. The van der Waals surface area contributed by atoms with Crippen molar-refractivity contribution < 1.29 is 9.53 Å². The van der Waals surface area contributed by atoms with E-state index in [2.05, 4.69) is 34.3 Å². The molecule has 0 spiro atoms. The normalized spacial score (nSPS) is 19.4. The summed E-state index contributed by atoms with van der Waals surface area (Å²) < 4.78 is 5.23. The number of aromatic amines is 1. The lowest BCUT2D eigenvalue weighted by atomic mass is 10.0. The summed E-state index contributed by atoms with van der Waals surface area (Å²) in [5, 5.41) is 1.28. The van der Waals surface area contributed by atoms with Gasteiger partial charge in [0.1, 0.15) is 6.04 Å². The monoisotopic (exact) mass is 300 g/mol. The van der Waals surface area contributed by atoms with Gasteiger partial charge in [-0.15, -0.1) is 0 Å². The summed E-state index contributed by atoms with van der Waals surface area (Å²) >= 11 is 0. The minimum absolute atomic E-state index is 0.0545. The van der Waals surface area contributed by atoms with Crippen LogP contribution in [-0.4, -0.2) is 41.6 Å². The second-order valence-electron chi connectivity index (χ2n) is 5.91. The van der Waals surface area contributed by atoms with E-state index in [0.29, 0.717) is 6.61 Å². The van der Waals surface area contributed by atoms with Crippen molar-refractivity contribution in [1.82, 2.24) is 9.88 Å². The van der Waals surface area contributed by atoms with E-state index < -0.39 is 0 Å². The Balaban J connectivity index is 1.67. The number of para-hydroxylation sites is 1. The maximum Gasteiger partial charge on any atom is 0.323 e. The van der Waals surface area contributed by atoms with Crippen LogP contribution >= 0.6 is 0 Å². The lowest BCUT2D eigenvalue weighted by molar-refractivity contribution is -0.150. The molecular formula is C18H24N2O2. The number of carbonyl (C=O) groups is 1. The molecule has 22 heavy (non-hydrogen) atoms. The fourth-order valence-corrected chi connectivity index (χ4v) is 3.37. The maximum absolute atomic E-state index is 12.1. The molecule has 1 aromatic carbocycles. The Labute approximate surface area is 131 Å². The Bertz CT molecular complexity index is 635. The second kappa shape index (κ2) is 6.97. The number of H-pyrrole nitrogens is 1. The first-order valence-corrected chi connectivity index (χ1v) is 8.25. The fourth-order valence-electron chi connectivity index (χ4n) is 3.37. The summed E-state index contributed by atoms with van der Waals surface area (Å²) in [5.74, 6) is -0.0545. The second-order valence-corrected chi connectivity index (χ2v) is 5.91. The zero-order valence-electron chi connectivity index (χ0n) is 13.2. The average molecular weight is 300 g/mol. The Morgan fingerprint density at radius 1 is 1.36 bits per heavy atom. The van der Waals surface area contributed by atoms with Crippen molar-refractivity contribution >= 4 is 16.9 Å². The van der Waals surface area contributed by atoms with Gasteiger partial charge in [0.05, 0.1) is 6.61 Å². The van der Waals surface area contributed by atoms with E-state index in [9.17, 15) is 4.79 Å². The zero-order chi connectivity index (χ0) is 15.4. The van der Waals surface area contributed by atoms with Crippen molar-refractivity contribution in [2.24, 2.45) is 0 Å². The van der Waals surface area contributed by atoms with Crippen LogP contribution in [-0.2, 0) is 16.0 Å². The van der Waals surface area contributed by atoms with E-state index in [4.69, 9.17) is 4.74 Å². The quantitative estimate of drug-likeness (QED) is 0.863. The van der Waals surface area contributed by atoms with Gasteiger partial charge < -0.3 is 9.72 Å². The van der Waals surface area contributed by atoms with Crippen LogP contribution in [0.4, 0.5) is 0 Å². The fraction of sp³-hybridized carbons (Fsp3) is 0.500. The number of aromatic nitrogens is 1. The van der Waals surface area contributed by atoms with Gasteiger partial charge in [0, 0.05) is 23.6 Å². The van der Waals surface area contributed by atoms with Crippen molar-refractivity contribution in [3.8, 4) is 0 Å². The number of ether oxygens (including phenoxy) is 1. The summed E-state index contributed by atoms with van der Waals surface area (Å²) in [6.07, 6.45) is 6.26. The van der Waals surface area contributed by atoms with Crippen LogP contribution in [0.2, 0.25) is 0 Å². The highest BCUT2D eigenvalue weighted by atomic mass is 16.5. The number of esters is 1. The molecule has 0 amide bonds. The van der Waals surface area contributed by atoms with Crippen LogP contribution in [0.1, 0.15) is 31.7 Å². The smallest absolute Gasteiger partial charge is 0.323 e. The molecule has 1 atom stereocenters. The highest BCUT2D eigenvalue weighted by Crippen LogP contribution is 2.22. The molecule has 1 aromatic heterocycles. The highest BCUT2D eigenvalue weighted by Gasteiger charge is 2.29. The molecule has 0 saturated carbocycles. The van der Waals surface area contributed by atoms with Gasteiger partial charge in [-0.3, -0.25) is 9.69 Å². The molecule has 2 aromatic rings. The van der Waals surface area contributed by atoms with Gasteiger partial charge in [-0.2, -0.15) is 0 Å². The Morgan fingerprint density at radius 2 is 2.23 bits per heavy atom. The third-order valence-corrected chi connectivity index (χ3v) is 4.52. The van der Waals surface area contributed by atoms with Gasteiger partial charge in [-0.1, -0.05) is 24.6 Å². The summed E-state index contributed by atoms with van der Waals surface area (Å²) in [5.41, 5.74) is 2.50. The Morgan fingerprint density at radius 3 is 3.09 bits per heavy atom. The molecule has 2 heterocycles. The van der Waals surface area contributed by atoms with Gasteiger partial charge in [-0.05, 0) is 44.4 Å². The van der Waals surface area contributed by atoms with Crippen LogP contribution in [0.15, 0.2) is 30.5 Å². The van der Waals surface area contributed by atoms with Crippen LogP contribution in [0.5, 0.6) is 0 Å². The number of rotatable bonds is 5. The van der Waals surface area contributed by atoms with E-state index in [-0.39, 0.29) is 12.0 Å². The lowest BCUT2D eigenvalue weighted by Crippen LogP contribution is -2.46. The molecule has 1 aliphatic rings. The van der Waals surface area contributed by atoms with Crippen molar-refractivity contribution in [3.05, 3.63) is 36.0 Å². The first kappa shape index (κ1) is 15.1. The van der Waals surface area contributed by atoms with Crippen molar-refractivity contribution in [2.75, 3.05) is 19.7 Å². The number of hydrogen-bond acceptors (Lipinski definition) is 3. The van der Waals surface area contributed by atoms with E-state index in [1.54, 1.807) is 0 Å². The van der Waals surface area contributed by atoms with Gasteiger partial charge in [0.15, 0.2) is 0 Å². The van der Waals surface area contributed by atoms with Crippen LogP contribution in [0.25, 0.3) is 10.9 Å². The van der Waals surface area contributed by atoms with Crippen molar-refractivity contribution in [1.29, 1.82) is 0 Å². The molecule has 0 bridgehead atoms. The third-order valence-electron chi connectivity index (χ3n) is 4.52. The summed E-state index contributed by atoms with van der Waals surface area (Å²) in [6.45, 7) is 4.24. The van der Waals surface area contributed by atoms with Crippen LogP contribution in [0.3, 0.4) is 0 Å². The summed E-state index contributed by atoms with van der Waals surface area (Å²) in [4.78, 5) is 17.7. The molecule has 1 fully saturated rings. The van der Waals surface area contributed by atoms with Crippen molar-refractivity contribution in [3.63, 3.8) is 0 Å². The number of likely N-dealkylation sites (tertiary alicyclic amines) is 1. The molecule has 118 valence electrons. The predicted molar refractivity (Wildman–Crippen MR) is 87.8 cm³/mol. The number of piperidine rings is 1. The molecule has 1 saturated heterocycles. The average Bonchev–Trinajstić information content (AvgIpc) is 2.97. The summed E-state index contributed by atoms with van der Waals surface area (Å²) in [7, 11) is 0. The standard InChI is InChI=1S/C18H24N2O2/c1-2-22-18(21)17-9-5-6-11-20(17)12-10-14-13-19-16-8-4-3-7-15(14)16/h3-4,7-8,13,17,19H,2,5-6,9-12H2,1H3. The maximum atomic E-state index is 12.1. The predicted octanol–water partition coefficient (Wildman–Crippen LogP) is 3.13. The van der Waals surface area contributed by atoms with Crippen molar-refractivity contribution in [2.45, 2.75) is 38.6 Å². The SMILES string of the molecule is CCOC(=O)C1CCCCN1CCc1c[nH]c2ccccc12. The lowest BCUT2D eigenvalue weighted by Gasteiger charge is -2.33. The zero-order valence-corrected chi connectivity index (χ0v) is 13.2. The minimum Gasteiger partial charge on any atom is -0.465 e. The summed E-state index contributed by atoms with van der Waals surface area (Å²) in [6, 6.07) is 8.31. The number of nitrogens with zero attached hydrogens (tertiary/aromatic N) is 1. The molecule has 4 nitrogen and oxygen atoms in total. The first-order chi connectivity index (χ1) is 10.8. The highest BCUT2D eigenvalue weighted by molar-refractivity contribution is 5.83. The number of nitrogens with one attached hydrogen (secondary N) is 1. The van der Waals surface area contributed by atoms with Gasteiger partial charge in [0.2, 0.25) is 0 Å². The molecule has 0 radical (unpaired) electrons. The molecule has 0 aliphatic carbocycles. The van der Waals surface area contributed by atoms with Gasteiger partial charge >= 0.3 is 5.97 Å². The molecule has 3 rings (SSSR count). The first-order valence-electron chi connectivity index (χ1n) is 8.25. The number of carbonyl (C=O) groups excluding carboxylic acids is 1. The Hall–Kier alpha value is -1.81. The van der Waals surface area contributed by atoms with E-state index in [0.717, 1.165) is 32.4 Å². The molecule has 4 heteroatoms. The Kier molecular flexibility index (Phi) is 4.78. The van der Waals surface area contributed by atoms with Gasteiger partial charge in [0.25, 0.3) is 0 Å². The van der Waals surface area contributed by atoms with E-state index in [1.165, 1.54) is 22.9 Å². The number of benzene rings is 1. The number of hydrogen-bond donors (Lipinski definition) is 1.